The van der Waals surface area contributed by atoms with Gasteiger partial charge in [0.15, 0.2) is 15.6 Å². The van der Waals surface area contributed by atoms with Crippen LogP contribution in [0.5, 0.6) is 0 Å². The zero-order valence-corrected chi connectivity index (χ0v) is 17.6. The fourth-order valence-corrected chi connectivity index (χ4v) is 6.09. The molecule has 0 aromatic heterocycles. The van der Waals surface area contributed by atoms with E-state index in [4.69, 9.17) is 0 Å². The van der Waals surface area contributed by atoms with Gasteiger partial charge in [0.25, 0.3) is 0 Å². The average Bonchev–Trinajstić information content (AvgIpc) is 2.97. The van der Waals surface area contributed by atoms with E-state index in [0.717, 1.165) is 37.1 Å². The topological polar surface area (TPSA) is 83.5 Å². The molecular formula is C21H30N2O4S. The second-order valence-electron chi connectivity index (χ2n) is 8.14. The van der Waals surface area contributed by atoms with E-state index in [9.17, 15) is 18.0 Å². The minimum Gasteiger partial charge on any atom is -0.351 e. The number of carbonyl (C=O) groups excluding carboxylic acids is 2. The number of benzene rings is 1. The summed E-state index contributed by atoms with van der Waals surface area (Å²) in [5.41, 5.74) is 2.79. The molecule has 1 N–H and O–H groups in total. The van der Waals surface area contributed by atoms with Crippen molar-refractivity contribution in [1.29, 1.82) is 0 Å². The van der Waals surface area contributed by atoms with Gasteiger partial charge in [-0.1, -0.05) is 18.6 Å². The fraction of sp³-hybridized carbons (Fsp3) is 0.619. The predicted molar refractivity (Wildman–Crippen MR) is 109 cm³/mol. The Morgan fingerprint density at radius 3 is 2.43 bits per heavy atom. The van der Waals surface area contributed by atoms with Crippen molar-refractivity contribution in [1.82, 2.24) is 10.2 Å². The van der Waals surface area contributed by atoms with Gasteiger partial charge in [-0.3, -0.25) is 14.5 Å². The number of aryl methyl sites for hydroxylation is 2. The Hall–Kier alpha value is -1.73. The first-order valence-corrected chi connectivity index (χ1v) is 11.9. The van der Waals surface area contributed by atoms with E-state index in [1.807, 2.05) is 26.0 Å². The van der Waals surface area contributed by atoms with E-state index in [-0.39, 0.29) is 48.1 Å². The van der Waals surface area contributed by atoms with E-state index in [2.05, 4.69) is 10.2 Å². The largest absolute Gasteiger partial charge is 0.351 e. The second kappa shape index (κ2) is 8.74. The Labute approximate surface area is 167 Å². The van der Waals surface area contributed by atoms with Crippen molar-refractivity contribution in [3.05, 3.63) is 34.9 Å². The second-order valence-corrected chi connectivity index (χ2v) is 10.3. The summed E-state index contributed by atoms with van der Waals surface area (Å²) < 4.78 is 24.3. The summed E-state index contributed by atoms with van der Waals surface area (Å²) in [4.78, 5) is 27.0. The molecule has 2 unspecified atom stereocenters. The molecule has 0 saturated carbocycles. The molecule has 2 atom stereocenters. The summed E-state index contributed by atoms with van der Waals surface area (Å²) in [6, 6.07) is 5.02. The number of Topliss-reactive ketones (excluding diaryl/α,β-unsaturated/α-hetero) is 1. The number of rotatable bonds is 6. The summed E-state index contributed by atoms with van der Waals surface area (Å²) in [5.74, 6) is -0.212. The zero-order chi connectivity index (χ0) is 20.3. The molecule has 2 fully saturated rings. The molecule has 7 heteroatoms. The zero-order valence-electron chi connectivity index (χ0n) is 16.7. The van der Waals surface area contributed by atoms with E-state index in [1.54, 1.807) is 6.07 Å². The number of amides is 1. The first-order valence-electron chi connectivity index (χ1n) is 10.1. The van der Waals surface area contributed by atoms with Gasteiger partial charge in [-0.25, -0.2) is 8.42 Å². The van der Waals surface area contributed by atoms with Gasteiger partial charge in [0.1, 0.15) is 0 Å². The van der Waals surface area contributed by atoms with Crippen molar-refractivity contribution in [2.24, 2.45) is 0 Å². The monoisotopic (exact) mass is 406 g/mol. The molecule has 0 bridgehead atoms. The fourth-order valence-electron chi connectivity index (χ4n) is 4.14. The van der Waals surface area contributed by atoms with Gasteiger partial charge in [0.05, 0.1) is 17.5 Å². The number of carbonyl (C=O) groups is 2. The van der Waals surface area contributed by atoms with Gasteiger partial charge in [-0.15, -0.1) is 0 Å². The van der Waals surface area contributed by atoms with E-state index in [0.29, 0.717) is 5.56 Å². The Morgan fingerprint density at radius 1 is 1.04 bits per heavy atom. The predicted octanol–water partition coefficient (Wildman–Crippen LogP) is 2.03. The normalized spacial score (nSPS) is 24.8. The van der Waals surface area contributed by atoms with E-state index in [1.165, 1.54) is 6.42 Å². The highest BCUT2D eigenvalue weighted by Crippen LogP contribution is 2.22. The van der Waals surface area contributed by atoms with E-state index >= 15 is 0 Å². The Bertz CT molecular complexity index is 844. The summed E-state index contributed by atoms with van der Waals surface area (Å²) in [7, 11) is -3.15. The molecule has 0 spiro atoms. The molecule has 0 aliphatic carbocycles. The van der Waals surface area contributed by atoms with Gasteiger partial charge in [-0.2, -0.15) is 0 Å². The molecule has 1 aromatic rings. The van der Waals surface area contributed by atoms with Crippen LogP contribution in [0.4, 0.5) is 0 Å². The first kappa shape index (κ1) is 21.0. The number of hydrogen-bond acceptors (Lipinski definition) is 5. The highest BCUT2D eigenvalue weighted by atomic mass is 32.2. The maximum absolute atomic E-state index is 12.4. The van der Waals surface area contributed by atoms with Crippen LogP contribution in [0, 0.1) is 13.8 Å². The number of likely N-dealkylation sites (tertiary alicyclic amines) is 1. The molecule has 28 heavy (non-hydrogen) atoms. The number of ketones is 1. The Kier molecular flexibility index (Phi) is 6.55. The van der Waals surface area contributed by atoms with Crippen molar-refractivity contribution >= 4 is 21.5 Å². The molecule has 1 amide bonds. The van der Waals surface area contributed by atoms with Crippen LogP contribution in [-0.2, 0) is 14.6 Å². The summed E-state index contributed by atoms with van der Waals surface area (Å²) in [6.07, 6.45) is 3.52. The van der Waals surface area contributed by atoms with Crippen molar-refractivity contribution in [3.8, 4) is 0 Å². The standard InChI is InChI=1S/C21H30N2O4S/c1-15-6-7-17(12-16(15)2)20(24)8-9-21(25)22-18-13-28(26,27)14-19(18)23-10-4-3-5-11-23/h6-7,12,18-19H,3-5,8-11,13-14H2,1-2H3,(H,22,25). The van der Waals surface area contributed by atoms with Gasteiger partial charge >= 0.3 is 0 Å². The van der Waals surface area contributed by atoms with Crippen molar-refractivity contribution in [3.63, 3.8) is 0 Å². The summed E-state index contributed by atoms with van der Waals surface area (Å²) >= 11 is 0. The van der Waals surface area contributed by atoms with Crippen molar-refractivity contribution in [2.45, 2.75) is 58.0 Å². The van der Waals surface area contributed by atoms with Crippen molar-refractivity contribution in [2.75, 3.05) is 24.6 Å². The lowest BCUT2D eigenvalue weighted by Crippen LogP contribution is -2.52. The van der Waals surface area contributed by atoms with Crippen LogP contribution >= 0.6 is 0 Å². The van der Waals surface area contributed by atoms with Crippen LogP contribution in [-0.4, -0.2) is 61.7 Å². The molecule has 154 valence electrons. The molecule has 3 rings (SSSR count). The first-order chi connectivity index (χ1) is 13.2. The van der Waals surface area contributed by atoms with Crippen LogP contribution in [0.1, 0.15) is 53.6 Å². The highest BCUT2D eigenvalue weighted by Gasteiger charge is 2.41. The highest BCUT2D eigenvalue weighted by molar-refractivity contribution is 7.91. The van der Waals surface area contributed by atoms with E-state index < -0.39 is 9.84 Å². The number of sulfone groups is 1. The molecule has 2 aliphatic heterocycles. The third-order valence-electron chi connectivity index (χ3n) is 5.94. The van der Waals surface area contributed by atoms with Gasteiger partial charge in [-0.05, 0) is 57.0 Å². The molecule has 6 nitrogen and oxygen atoms in total. The molecule has 0 radical (unpaired) electrons. The number of nitrogens with one attached hydrogen (secondary N) is 1. The average molecular weight is 407 g/mol. The number of piperidine rings is 1. The smallest absolute Gasteiger partial charge is 0.220 e. The van der Waals surface area contributed by atoms with Crippen LogP contribution < -0.4 is 5.32 Å². The van der Waals surface area contributed by atoms with Crippen LogP contribution in [0.25, 0.3) is 0 Å². The lowest BCUT2D eigenvalue weighted by Gasteiger charge is -2.35. The molecular weight excluding hydrogens is 376 g/mol. The molecule has 2 saturated heterocycles. The summed E-state index contributed by atoms with van der Waals surface area (Å²) in [6.45, 7) is 5.72. The van der Waals surface area contributed by atoms with Crippen LogP contribution in [0.15, 0.2) is 18.2 Å². The third kappa shape index (κ3) is 5.20. The SMILES string of the molecule is Cc1ccc(C(=O)CCC(=O)NC2CS(=O)(=O)CC2N2CCCCC2)cc1C. The molecule has 2 heterocycles. The maximum Gasteiger partial charge on any atom is 0.220 e. The minimum absolute atomic E-state index is 0.00892. The Morgan fingerprint density at radius 2 is 1.75 bits per heavy atom. The van der Waals surface area contributed by atoms with Crippen molar-refractivity contribution < 1.29 is 18.0 Å². The molecule has 1 aromatic carbocycles. The van der Waals surface area contributed by atoms with Gasteiger partial charge < -0.3 is 5.32 Å². The Balaban J connectivity index is 1.56. The third-order valence-corrected chi connectivity index (χ3v) is 7.65. The number of nitrogens with zero attached hydrogens (tertiary/aromatic N) is 1. The molecule has 2 aliphatic rings. The van der Waals surface area contributed by atoms with Crippen LogP contribution in [0.2, 0.25) is 0 Å². The minimum atomic E-state index is -3.15. The quantitative estimate of drug-likeness (QED) is 0.731. The maximum atomic E-state index is 12.4. The summed E-state index contributed by atoms with van der Waals surface area (Å²) in [5, 5.41) is 2.90. The van der Waals surface area contributed by atoms with Crippen LogP contribution in [0.3, 0.4) is 0 Å². The number of hydrogen-bond donors (Lipinski definition) is 1. The van der Waals surface area contributed by atoms with Gasteiger partial charge in [0, 0.05) is 24.4 Å². The lowest BCUT2D eigenvalue weighted by molar-refractivity contribution is -0.122. The van der Waals surface area contributed by atoms with Gasteiger partial charge in [0.2, 0.25) is 5.91 Å². The lowest BCUT2D eigenvalue weighted by atomic mass is 10.0.